The van der Waals surface area contributed by atoms with Crippen LogP contribution in [-0.4, -0.2) is 34.7 Å². The summed E-state index contributed by atoms with van der Waals surface area (Å²) >= 11 is 0. The van der Waals surface area contributed by atoms with E-state index in [0.29, 0.717) is 0 Å². The van der Waals surface area contributed by atoms with Gasteiger partial charge in [-0.1, -0.05) is 89.9 Å². The molecule has 5 saturated carbocycles. The lowest BCUT2D eigenvalue weighted by atomic mass is 9.92. The minimum Gasteiger partial charge on any atom is -0.291 e. The molecule has 0 aliphatic heterocycles. The zero-order valence-corrected chi connectivity index (χ0v) is 24.1. The van der Waals surface area contributed by atoms with Crippen molar-refractivity contribution in [2.24, 2.45) is 0 Å². The second kappa shape index (κ2) is 14.1. The van der Waals surface area contributed by atoms with Crippen LogP contribution in [-0.2, 0) is 0 Å². The maximum absolute atomic E-state index is 4.57. The molecule has 0 radical (unpaired) electrons. The molecule has 5 fully saturated rings. The van der Waals surface area contributed by atoms with E-state index in [0.717, 1.165) is 34.7 Å². The Hall–Kier alpha value is 0.780. The van der Waals surface area contributed by atoms with E-state index in [1.807, 2.05) is 0 Å². The predicted octanol–water partition coefficient (Wildman–Crippen LogP) is 9.60. The van der Waals surface area contributed by atoms with Gasteiger partial charge in [0.15, 0.2) is 0 Å². The summed E-state index contributed by atoms with van der Waals surface area (Å²) in [5.74, 6) is 0. The van der Waals surface area contributed by atoms with Crippen LogP contribution in [0.2, 0.25) is 0 Å². The van der Waals surface area contributed by atoms with Crippen LogP contribution in [0.15, 0.2) is 0 Å². The van der Waals surface area contributed by atoms with Gasteiger partial charge in [-0.05, 0) is 103 Å². The van der Waals surface area contributed by atoms with Crippen LogP contribution in [0.4, 0.5) is 0 Å². The first-order valence-corrected chi connectivity index (χ1v) is 18.9. The topological polar surface area (TPSA) is 24.1 Å². The van der Waals surface area contributed by atoms with Gasteiger partial charge in [0.25, 0.3) is 0 Å². The van der Waals surface area contributed by atoms with Gasteiger partial charge in [0, 0.05) is 12.1 Å². The van der Waals surface area contributed by atoms with E-state index in [4.69, 9.17) is 0 Å². The molecule has 34 heavy (non-hydrogen) atoms. The Morgan fingerprint density at radius 2 is 0.529 bits per heavy atom. The maximum atomic E-state index is 4.57. The molecule has 2 atom stereocenters. The second-order valence-corrected chi connectivity index (χ2v) is 17.8. The Labute approximate surface area is 215 Å². The van der Waals surface area contributed by atoms with E-state index >= 15 is 0 Å². The zero-order chi connectivity index (χ0) is 23.0. The van der Waals surface area contributed by atoms with Crippen molar-refractivity contribution in [3.63, 3.8) is 0 Å². The normalized spacial score (nSPS) is 31.9. The quantitative estimate of drug-likeness (QED) is 0.320. The summed E-state index contributed by atoms with van der Waals surface area (Å²) in [5.41, 5.74) is 4.14. The fraction of sp³-hybridized carbons (Fsp3) is 1.00. The maximum Gasteiger partial charge on any atom is 0.0260 e. The van der Waals surface area contributed by atoms with Gasteiger partial charge in [0.05, 0.1) is 0 Å². The Kier molecular flexibility index (Phi) is 10.9. The molecular formula is C30H56N2P2. The standard InChI is InChI=1S/C30H56N2P2/c1-5-15-25(16-6-1)33(26-17-7-2-8-18-26)31-29-23-13-14-24-30(29)32-34(27-19-9-3-10-20-27)28-21-11-4-12-22-28/h25-32H,1-24H2/t29-,30-/m1/s1. The third-order valence-electron chi connectivity index (χ3n) is 10.3. The van der Waals surface area contributed by atoms with Crippen LogP contribution < -0.4 is 10.2 Å². The summed E-state index contributed by atoms with van der Waals surface area (Å²) in [6, 6.07) is 1.56. The summed E-state index contributed by atoms with van der Waals surface area (Å²) in [6.45, 7) is 0. The zero-order valence-electron chi connectivity index (χ0n) is 22.3. The Balaban J connectivity index is 1.28. The summed E-state index contributed by atoms with van der Waals surface area (Å²) in [7, 11) is 0.0336. The van der Waals surface area contributed by atoms with Gasteiger partial charge in [-0.2, -0.15) is 0 Å². The Morgan fingerprint density at radius 3 is 0.794 bits per heavy atom. The van der Waals surface area contributed by atoms with Gasteiger partial charge in [0.2, 0.25) is 0 Å². The summed E-state index contributed by atoms with van der Waals surface area (Å²) < 4.78 is 0. The van der Waals surface area contributed by atoms with Crippen LogP contribution in [0.1, 0.15) is 154 Å². The molecule has 0 aromatic carbocycles. The SMILES string of the molecule is C1CCC(P(N[C@@H]2CCCC[C@H]2NP(C2CCCCC2)C2CCCCC2)C2CCCCC2)CC1. The van der Waals surface area contributed by atoms with Crippen LogP contribution in [0.25, 0.3) is 0 Å². The van der Waals surface area contributed by atoms with E-state index in [9.17, 15) is 0 Å². The van der Waals surface area contributed by atoms with Crippen molar-refractivity contribution in [2.45, 2.75) is 189 Å². The summed E-state index contributed by atoms with van der Waals surface area (Å²) in [4.78, 5) is 0. The minimum atomic E-state index is 0.0168. The number of hydrogen-bond donors (Lipinski definition) is 2. The molecule has 4 heteroatoms. The highest BCUT2D eigenvalue weighted by Gasteiger charge is 2.38. The van der Waals surface area contributed by atoms with Gasteiger partial charge in [-0.15, -0.1) is 0 Å². The highest BCUT2D eigenvalue weighted by Crippen LogP contribution is 2.56. The van der Waals surface area contributed by atoms with E-state index in [-0.39, 0.29) is 16.1 Å². The monoisotopic (exact) mass is 506 g/mol. The lowest BCUT2D eigenvalue weighted by Crippen LogP contribution is -2.50. The average molecular weight is 507 g/mol. The van der Waals surface area contributed by atoms with E-state index in [1.54, 1.807) is 0 Å². The molecule has 0 saturated heterocycles. The van der Waals surface area contributed by atoms with Crippen molar-refractivity contribution in [2.75, 3.05) is 0 Å². The molecule has 2 N–H and O–H groups in total. The Morgan fingerprint density at radius 1 is 0.294 bits per heavy atom. The first-order valence-electron chi connectivity index (χ1n) is 16.0. The van der Waals surface area contributed by atoms with Crippen molar-refractivity contribution in [1.29, 1.82) is 0 Å². The molecule has 196 valence electrons. The fourth-order valence-electron chi connectivity index (χ4n) is 8.28. The van der Waals surface area contributed by atoms with Crippen LogP contribution in [0.3, 0.4) is 0 Å². The van der Waals surface area contributed by atoms with Gasteiger partial charge in [-0.25, -0.2) is 0 Å². The molecule has 0 aromatic heterocycles. The summed E-state index contributed by atoms with van der Waals surface area (Å²) in [6.07, 6.45) is 36.3. The van der Waals surface area contributed by atoms with Crippen molar-refractivity contribution in [3.05, 3.63) is 0 Å². The van der Waals surface area contributed by atoms with E-state index in [1.165, 1.54) is 154 Å². The Bertz CT molecular complexity index is 476. The highest BCUT2D eigenvalue weighted by molar-refractivity contribution is 7.57. The first-order chi connectivity index (χ1) is 16.9. The molecule has 2 nitrogen and oxygen atoms in total. The lowest BCUT2D eigenvalue weighted by molar-refractivity contribution is 0.342. The molecule has 0 aromatic rings. The van der Waals surface area contributed by atoms with E-state index in [2.05, 4.69) is 10.2 Å². The van der Waals surface area contributed by atoms with Crippen molar-refractivity contribution in [3.8, 4) is 0 Å². The predicted molar refractivity (Wildman–Crippen MR) is 154 cm³/mol. The number of nitrogens with one attached hydrogen (secondary N) is 2. The third kappa shape index (κ3) is 7.21. The van der Waals surface area contributed by atoms with Crippen molar-refractivity contribution >= 4 is 16.1 Å². The van der Waals surface area contributed by atoms with Gasteiger partial charge in [0.1, 0.15) is 0 Å². The highest BCUT2D eigenvalue weighted by atomic mass is 31.1. The molecule has 5 aliphatic rings. The third-order valence-corrected chi connectivity index (χ3v) is 16.7. The molecule has 5 aliphatic carbocycles. The van der Waals surface area contributed by atoms with E-state index < -0.39 is 0 Å². The van der Waals surface area contributed by atoms with Gasteiger partial charge >= 0.3 is 0 Å². The minimum absolute atomic E-state index is 0.0168. The molecular weight excluding hydrogens is 450 g/mol. The average Bonchev–Trinajstić information content (AvgIpc) is 2.93. The van der Waals surface area contributed by atoms with Crippen LogP contribution in [0, 0.1) is 0 Å². The van der Waals surface area contributed by atoms with Gasteiger partial charge < -0.3 is 0 Å². The number of hydrogen-bond acceptors (Lipinski definition) is 2. The number of rotatable bonds is 8. The van der Waals surface area contributed by atoms with Crippen molar-refractivity contribution in [1.82, 2.24) is 10.2 Å². The van der Waals surface area contributed by atoms with Crippen LogP contribution >= 0.6 is 16.1 Å². The first kappa shape index (κ1) is 26.4. The molecule has 0 unspecified atom stereocenters. The summed E-state index contributed by atoms with van der Waals surface area (Å²) in [5, 5.41) is 9.14. The molecule has 0 heterocycles. The largest absolute Gasteiger partial charge is 0.291 e. The molecule has 0 bridgehead atoms. The molecule has 0 spiro atoms. The fourth-order valence-corrected chi connectivity index (χ4v) is 15.4. The smallest absolute Gasteiger partial charge is 0.0260 e. The van der Waals surface area contributed by atoms with Crippen LogP contribution in [0.5, 0.6) is 0 Å². The van der Waals surface area contributed by atoms with Gasteiger partial charge in [-0.3, -0.25) is 10.2 Å². The molecule has 0 amide bonds. The second-order valence-electron chi connectivity index (χ2n) is 12.7. The van der Waals surface area contributed by atoms with Crippen molar-refractivity contribution < 1.29 is 0 Å². The lowest BCUT2D eigenvalue weighted by Gasteiger charge is -2.46. The molecule has 5 rings (SSSR count).